The second-order valence-corrected chi connectivity index (χ2v) is 9.46. The number of aromatic nitrogens is 3. The van der Waals surface area contributed by atoms with Crippen molar-refractivity contribution in [1.29, 1.82) is 0 Å². The van der Waals surface area contributed by atoms with Gasteiger partial charge >= 0.3 is 5.97 Å². The molecule has 0 radical (unpaired) electrons. The second kappa shape index (κ2) is 9.92. The maximum Gasteiger partial charge on any atom is 0.306 e. The van der Waals surface area contributed by atoms with Gasteiger partial charge in [0.2, 0.25) is 0 Å². The van der Waals surface area contributed by atoms with Gasteiger partial charge in [0.05, 0.1) is 12.1 Å². The maximum atomic E-state index is 12.2. The molecule has 0 spiro atoms. The Morgan fingerprint density at radius 1 is 1.33 bits per heavy atom. The third kappa shape index (κ3) is 5.95. The summed E-state index contributed by atoms with van der Waals surface area (Å²) in [6.07, 6.45) is 2.20. The van der Waals surface area contributed by atoms with Crippen LogP contribution in [0.1, 0.15) is 65.6 Å². The van der Waals surface area contributed by atoms with Gasteiger partial charge in [-0.2, -0.15) is 5.10 Å². The summed E-state index contributed by atoms with van der Waals surface area (Å²) in [5.41, 5.74) is 2.86. The Labute approximate surface area is 174 Å². The summed E-state index contributed by atoms with van der Waals surface area (Å²) in [5, 5.41) is 4.64. The van der Waals surface area contributed by atoms with E-state index in [0.29, 0.717) is 18.1 Å². The number of carbonyl (C=O) groups excluding carboxylic acids is 1. The van der Waals surface area contributed by atoms with Crippen molar-refractivity contribution < 1.29 is 9.53 Å². The monoisotopic (exact) mass is 455 g/mol. The van der Waals surface area contributed by atoms with Crippen LogP contribution in [0.2, 0.25) is 0 Å². The molecule has 0 N–H and O–H groups in total. The van der Waals surface area contributed by atoms with Crippen molar-refractivity contribution in [2.24, 2.45) is 5.92 Å². The lowest BCUT2D eigenvalue weighted by molar-refractivity contribution is -0.149. The average Bonchev–Trinajstić information content (AvgIpc) is 2.91. The van der Waals surface area contributed by atoms with Crippen molar-refractivity contribution in [2.45, 2.75) is 77.8 Å². The smallest absolute Gasteiger partial charge is 0.306 e. The van der Waals surface area contributed by atoms with Crippen LogP contribution in [-0.2, 0) is 9.53 Å². The standard InChI is InChI=1S/C20H30BrN3O2S/c1-7-15(10-12(2)3)26-18(25)8-9-27-16-11-17(21)22-19-14(6)23-24(13(4)5)20(16)19/h11-13,15H,7-10H2,1-6H3. The molecule has 2 aromatic rings. The third-order valence-electron chi connectivity index (χ3n) is 4.30. The minimum atomic E-state index is -0.118. The van der Waals surface area contributed by atoms with Gasteiger partial charge in [-0.25, -0.2) is 4.98 Å². The number of fused-ring (bicyclic) bond motifs is 1. The van der Waals surface area contributed by atoms with Crippen LogP contribution in [0, 0.1) is 12.8 Å². The van der Waals surface area contributed by atoms with Gasteiger partial charge in [0.15, 0.2) is 0 Å². The van der Waals surface area contributed by atoms with E-state index in [1.807, 2.05) is 17.7 Å². The van der Waals surface area contributed by atoms with E-state index < -0.39 is 0 Å². The Morgan fingerprint density at radius 2 is 2.04 bits per heavy atom. The zero-order valence-electron chi connectivity index (χ0n) is 17.1. The number of carbonyl (C=O) groups is 1. The Bertz CT molecular complexity index is 789. The fourth-order valence-corrected chi connectivity index (χ4v) is 4.58. The van der Waals surface area contributed by atoms with Crippen LogP contribution in [0.4, 0.5) is 0 Å². The van der Waals surface area contributed by atoms with Crippen LogP contribution in [0.25, 0.3) is 11.0 Å². The van der Waals surface area contributed by atoms with Crippen molar-refractivity contribution in [3.63, 3.8) is 0 Å². The highest BCUT2D eigenvalue weighted by Gasteiger charge is 2.18. The molecule has 0 aliphatic carbocycles. The first-order valence-electron chi connectivity index (χ1n) is 9.60. The van der Waals surface area contributed by atoms with Crippen LogP contribution >= 0.6 is 27.7 Å². The Morgan fingerprint density at radius 3 is 2.63 bits per heavy atom. The summed E-state index contributed by atoms with van der Waals surface area (Å²) in [6.45, 7) is 12.6. The molecule has 1 unspecified atom stereocenters. The van der Waals surface area contributed by atoms with E-state index in [2.05, 4.69) is 60.6 Å². The van der Waals surface area contributed by atoms with Gasteiger partial charge in [-0.1, -0.05) is 20.8 Å². The molecule has 0 fully saturated rings. The predicted octanol–water partition coefficient (Wildman–Crippen LogP) is 5.93. The topological polar surface area (TPSA) is 57.0 Å². The van der Waals surface area contributed by atoms with Gasteiger partial charge in [-0.05, 0) is 61.5 Å². The Kier molecular flexibility index (Phi) is 8.16. The van der Waals surface area contributed by atoms with Gasteiger partial charge in [-0.3, -0.25) is 9.48 Å². The van der Waals surface area contributed by atoms with Crippen LogP contribution in [-0.4, -0.2) is 32.6 Å². The number of hydrogen-bond acceptors (Lipinski definition) is 5. The normalized spacial score (nSPS) is 12.9. The summed E-state index contributed by atoms with van der Waals surface area (Å²) in [7, 11) is 0. The molecular weight excluding hydrogens is 426 g/mol. The van der Waals surface area contributed by atoms with E-state index in [1.54, 1.807) is 11.8 Å². The van der Waals surface area contributed by atoms with E-state index in [1.165, 1.54) is 0 Å². The van der Waals surface area contributed by atoms with E-state index in [4.69, 9.17) is 4.74 Å². The number of hydrogen-bond donors (Lipinski definition) is 0. The lowest BCUT2D eigenvalue weighted by atomic mass is 10.0. The van der Waals surface area contributed by atoms with Crippen molar-refractivity contribution >= 4 is 44.7 Å². The van der Waals surface area contributed by atoms with Crippen LogP contribution in [0.5, 0.6) is 0 Å². The molecule has 5 nitrogen and oxygen atoms in total. The number of thioether (sulfide) groups is 1. The largest absolute Gasteiger partial charge is 0.462 e. The highest BCUT2D eigenvalue weighted by atomic mass is 79.9. The number of pyridine rings is 1. The van der Waals surface area contributed by atoms with Crippen molar-refractivity contribution in [3.8, 4) is 0 Å². The first-order valence-corrected chi connectivity index (χ1v) is 11.4. The number of halogens is 1. The maximum absolute atomic E-state index is 12.2. The first-order chi connectivity index (χ1) is 12.7. The molecule has 7 heteroatoms. The number of ether oxygens (including phenoxy) is 1. The molecule has 0 amide bonds. The summed E-state index contributed by atoms with van der Waals surface area (Å²) < 4.78 is 8.44. The number of rotatable bonds is 9. The Hall–Kier alpha value is -1.08. The summed E-state index contributed by atoms with van der Waals surface area (Å²) in [5.74, 6) is 1.08. The fraction of sp³-hybridized carbons (Fsp3) is 0.650. The lowest BCUT2D eigenvalue weighted by Gasteiger charge is -2.18. The summed E-state index contributed by atoms with van der Waals surface area (Å²) >= 11 is 5.15. The van der Waals surface area contributed by atoms with Crippen LogP contribution in [0.3, 0.4) is 0 Å². The van der Waals surface area contributed by atoms with Crippen LogP contribution < -0.4 is 0 Å². The van der Waals surface area contributed by atoms with Crippen molar-refractivity contribution in [3.05, 3.63) is 16.4 Å². The van der Waals surface area contributed by atoms with Gasteiger partial charge in [0.25, 0.3) is 0 Å². The van der Waals surface area contributed by atoms with Crippen molar-refractivity contribution in [1.82, 2.24) is 14.8 Å². The Balaban J connectivity index is 2.07. The average molecular weight is 456 g/mol. The summed E-state index contributed by atoms with van der Waals surface area (Å²) in [4.78, 5) is 17.9. The molecule has 0 aromatic carbocycles. The molecule has 0 saturated heterocycles. The second-order valence-electron chi connectivity index (χ2n) is 7.51. The lowest BCUT2D eigenvalue weighted by Crippen LogP contribution is -2.19. The van der Waals surface area contributed by atoms with Gasteiger partial charge in [-0.15, -0.1) is 11.8 Å². The predicted molar refractivity (Wildman–Crippen MR) is 115 cm³/mol. The molecule has 0 bridgehead atoms. The van der Waals surface area contributed by atoms with Gasteiger partial charge in [0.1, 0.15) is 21.7 Å². The van der Waals surface area contributed by atoms with E-state index in [0.717, 1.165) is 39.1 Å². The fourth-order valence-electron chi connectivity index (χ4n) is 3.01. The molecule has 27 heavy (non-hydrogen) atoms. The third-order valence-corrected chi connectivity index (χ3v) is 5.73. The number of nitrogens with zero attached hydrogens (tertiary/aromatic N) is 3. The molecule has 1 atom stereocenters. The van der Waals surface area contributed by atoms with Gasteiger partial charge < -0.3 is 4.74 Å². The molecule has 2 heterocycles. The van der Waals surface area contributed by atoms with E-state index >= 15 is 0 Å². The molecule has 0 aliphatic rings. The molecule has 2 aromatic heterocycles. The van der Waals surface area contributed by atoms with E-state index in [9.17, 15) is 4.79 Å². The zero-order valence-corrected chi connectivity index (χ0v) is 19.5. The molecule has 150 valence electrons. The number of aryl methyl sites for hydroxylation is 1. The molecule has 0 aliphatic heterocycles. The highest BCUT2D eigenvalue weighted by molar-refractivity contribution is 9.10. The molecule has 0 saturated carbocycles. The first kappa shape index (κ1) is 22.2. The minimum absolute atomic E-state index is 0.0225. The summed E-state index contributed by atoms with van der Waals surface area (Å²) in [6, 6.07) is 2.25. The quantitative estimate of drug-likeness (QED) is 0.266. The highest BCUT2D eigenvalue weighted by Crippen LogP contribution is 2.33. The van der Waals surface area contributed by atoms with Crippen LogP contribution in [0.15, 0.2) is 15.6 Å². The van der Waals surface area contributed by atoms with E-state index in [-0.39, 0.29) is 18.1 Å². The number of esters is 1. The zero-order chi connectivity index (χ0) is 20.1. The van der Waals surface area contributed by atoms with Crippen molar-refractivity contribution in [2.75, 3.05) is 5.75 Å². The molecular formula is C20H30BrN3O2S. The van der Waals surface area contributed by atoms with Gasteiger partial charge in [0, 0.05) is 16.7 Å². The molecule has 2 rings (SSSR count). The SMILES string of the molecule is CCC(CC(C)C)OC(=O)CCSc1cc(Br)nc2c(C)nn(C(C)C)c12. The minimum Gasteiger partial charge on any atom is -0.462 e.